The van der Waals surface area contributed by atoms with Gasteiger partial charge in [-0.05, 0) is 17.7 Å². The van der Waals surface area contributed by atoms with Crippen LogP contribution in [0.4, 0.5) is 0 Å². The smallest absolute Gasteiger partial charge is 0.326 e. The topological polar surface area (TPSA) is 119 Å². The van der Waals surface area contributed by atoms with Crippen LogP contribution in [-0.4, -0.2) is 36.0 Å². The minimum absolute atomic E-state index is 0.0141. The molecule has 0 fully saturated rings. The van der Waals surface area contributed by atoms with E-state index in [1.807, 2.05) is 0 Å². The highest BCUT2D eigenvalue weighted by Crippen LogP contribution is 2.12. The molecule has 0 saturated heterocycles. The van der Waals surface area contributed by atoms with Crippen molar-refractivity contribution in [3.63, 3.8) is 0 Å². The van der Waals surface area contributed by atoms with Crippen LogP contribution in [0, 0.1) is 0 Å². The molecule has 4 N–H and O–H groups in total. The van der Waals surface area contributed by atoms with Gasteiger partial charge in [-0.2, -0.15) is 0 Å². The van der Waals surface area contributed by atoms with Crippen LogP contribution in [0.15, 0.2) is 24.3 Å². The zero-order valence-electron chi connectivity index (χ0n) is 11.0. The van der Waals surface area contributed by atoms with Crippen molar-refractivity contribution >= 4 is 17.8 Å². The van der Waals surface area contributed by atoms with Gasteiger partial charge in [-0.1, -0.05) is 12.1 Å². The van der Waals surface area contributed by atoms with Gasteiger partial charge in [-0.25, -0.2) is 4.79 Å². The lowest BCUT2D eigenvalue weighted by Crippen LogP contribution is -2.43. The molecule has 0 saturated carbocycles. The molecule has 7 heteroatoms. The molecular weight excluding hydrogens is 264 g/mol. The molecule has 0 spiro atoms. The molecule has 0 radical (unpaired) electrons. The van der Waals surface area contributed by atoms with Crippen LogP contribution < -0.4 is 15.8 Å². The van der Waals surface area contributed by atoms with E-state index in [1.54, 1.807) is 24.3 Å². The summed E-state index contributed by atoms with van der Waals surface area (Å²) in [6, 6.07) is 5.52. The molecule has 1 aromatic carbocycles. The van der Waals surface area contributed by atoms with E-state index >= 15 is 0 Å². The Kier molecular flexibility index (Phi) is 5.52. The maximum Gasteiger partial charge on any atom is 0.326 e. The van der Waals surface area contributed by atoms with E-state index in [4.69, 9.17) is 15.6 Å². The first-order valence-electron chi connectivity index (χ1n) is 5.85. The molecule has 1 atom stereocenters. The normalized spacial score (nSPS) is 11.4. The Bertz CT molecular complexity index is 515. The summed E-state index contributed by atoms with van der Waals surface area (Å²) in [5.74, 6) is -2.00. The minimum atomic E-state index is -1.31. The molecule has 7 nitrogen and oxygen atoms in total. The third kappa shape index (κ3) is 4.97. The van der Waals surface area contributed by atoms with Gasteiger partial charge in [0.2, 0.25) is 11.8 Å². The van der Waals surface area contributed by atoms with Gasteiger partial charge >= 0.3 is 5.97 Å². The van der Waals surface area contributed by atoms with Crippen molar-refractivity contribution in [2.24, 2.45) is 5.73 Å². The number of carbonyl (C=O) groups is 3. The van der Waals surface area contributed by atoms with Crippen LogP contribution in [0.25, 0.3) is 0 Å². The lowest BCUT2D eigenvalue weighted by Gasteiger charge is -2.13. The number of amides is 2. The van der Waals surface area contributed by atoms with Gasteiger partial charge in [0.05, 0.1) is 20.0 Å². The number of nitrogens with two attached hydrogens (primary N) is 1. The highest BCUT2D eigenvalue weighted by atomic mass is 16.5. The maximum absolute atomic E-state index is 11.7. The van der Waals surface area contributed by atoms with E-state index in [-0.39, 0.29) is 6.42 Å². The Labute approximate surface area is 115 Å². The summed E-state index contributed by atoms with van der Waals surface area (Å²) >= 11 is 0. The number of aliphatic carboxylic acids is 1. The van der Waals surface area contributed by atoms with Crippen LogP contribution >= 0.6 is 0 Å². The summed E-state index contributed by atoms with van der Waals surface area (Å²) in [6.45, 7) is 0. The Morgan fingerprint density at radius 1 is 1.40 bits per heavy atom. The Morgan fingerprint density at radius 2 is 2.10 bits per heavy atom. The van der Waals surface area contributed by atoms with E-state index in [0.29, 0.717) is 11.3 Å². The van der Waals surface area contributed by atoms with Crippen LogP contribution in [0.3, 0.4) is 0 Å². The molecule has 1 unspecified atom stereocenters. The monoisotopic (exact) mass is 280 g/mol. The second kappa shape index (κ2) is 7.13. The largest absolute Gasteiger partial charge is 0.497 e. The highest BCUT2D eigenvalue weighted by Gasteiger charge is 2.22. The van der Waals surface area contributed by atoms with Crippen molar-refractivity contribution in [2.75, 3.05) is 7.11 Å². The summed E-state index contributed by atoms with van der Waals surface area (Å²) in [4.78, 5) is 33.4. The molecule has 108 valence electrons. The number of rotatable bonds is 7. The van der Waals surface area contributed by atoms with Crippen molar-refractivity contribution in [3.05, 3.63) is 29.8 Å². The van der Waals surface area contributed by atoms with Gasteiger partial charge in [0.25, 0.3) is 0 Å². The fraction of sp³-hybridized carbons (Fsp3) is 0.308. The second-order valence-corrected chi connectivity index (χ2v) is 4.16. The zero-order chi connectivity index (χ0) is 15.1. The van der Waals surface area contributed by atoms with Crippen molar-refractivity contribution in [2.45, 2.75) is 18.9 Å². The van der Waals surface area contributed by atoms with Crippen LogP contribution in [0.1, 0.15) is 12.0 Å². The summed E-state index contributed by atoms with van der Waals surface area (Å²) < 4.78 is 5.02. The quantitative estimate of drug-likeness (QED) is 0.632. The number of carboxylic acid groups (broad SMARTS) is 1. The fourth-order valence-corrected chi connectivity index (χ4v) is 1.61. The number of ether oxygens (including phenoxy) is 1. The summed E-state index contributed by atoms with van der Waals surface area (Å²) in [5, 5.41) is 11.1. The second-order valence-electron chi connectivity index (χ2n) is 4.16. The van der Waals surface area contributed by atoms with Gasteiger partial charge in [0.1, 0.15) is 11.8 Å². The predicted octanol–water partition coefficient (Wildman–Crippen LogP) is -0.317. The number of carbonyl (C=O) groups excluding carboxylic acids is 2. The highest BCUT2D eigenvalue weighted by molar-refractivity contribution is 5.88. The summed E-state index contributed by atoms with van der Waals surface area (Å²) in [5.41, 5.74) is 5.60. The molecule has 1 aromatic rings. The van der Waals surface area contributed by atoms with E-state index in [9.17, 15) is 14.4 Å². The Hall–Kier alpha value is -2.57. The molecule has 0 aliphatic rings. The zero-order valence-corrected chi connectivity index (χ0v) is 11.0. The average Bonchev–Trinajstić information content (AvgIpc) is 2.37. The first kappa shape index (κ1) is 15.5. The number of methoxy groups -OCH3 is 1. The third-order valence-corrected chi connectivity index (χ3v) is 2.54. The summed E-state index contributed by atoms with van der Waals surface area (Å²) in [6.07, 6.45) is -0.459. The SMILES string of the molecule is COc1cccc(CC(=O)NC(CC(N)=O)C(=O)O)c1. The number of primary amides is 1. The molecule has 20 heavy (non-hydrogen) atoms. The molecule has 0 bridgehead atoms. The Balaban J connectivity index is 2.65. The third-order valence-electron chi connectivity index (χ3n) is 2.54. The molecule has 0 aromatic heterocycles. The molecule has 2 amide bonds. The number of carboxylic acids is 1. The molecule has 1 rings (SSSR count). The molecule has 0 aliphatic heterocycles. The van der Waals surface area contributed by atoms with E-state index in [2.05, 4.69) is 5.32 Å². The maximum atomic E-state index is 11.7. The lowest BCUT2D eigenvalue weighted by atomic mass is 10.1. The van der Waals surface area contributed by atoms with Crippen LogP contribution in [0.5, 0.6) is 5.75 Å². The van der Waals surface area contributed by atoms with E-state index in [1.165, 1.54) is 7.11 Å². The van der Waals surface area contributed by atoms with Crippen LogP contribution in [-0.2, 0) is 20.8 Å². The van der Waals surface area contributed by atoms with E-state index in [0.717, 1.165) is 0 Å². The van der Waals surface area contributed by atoms with Gasteiger partial charge in [0, 0.05) is 0 Å². The number of hydrogen-bond acceptors (Lipinski definition) is 4. The van der Waals surface area contributed by atoms with Crippen molar-refractivity contribution in [1.82, 2.24) is 5.32 Å². The Morgan fingerprint density at radius 3 is 2.65 bits per heavy atom. The van der Waals surface area contributed by atoms with Crippen molar-refractivity contribution in [1.29, 1.82) is 0 Å². The van der Waals surface area contributed by atoms with Gasteiger partial charge in [-0.15, -0.1) is 0 Å². The molecular formula is C13H16N2O5. The van der Waals surface area contributed by atoms with Crippen molar-refractivity contribution < 1.29 is 24.2 Å². The van der Waals surface area contributed by atoms with Gasteiger partial charge in [0.15, 0.2) is 0 Å². The van der Waals surface area contributed by atoms with E-state index < -0.39 is 30.2 Å². The number of benzene rings is 1. The molecule has 0 aliphatic carbocycles. The number of hydrogen-bond donors (Lipinski definition) is 3. The first-order chi connectivity index (χ1) is 9.42. The average molecular weight is 280 g/mol. The lowest BCUT2D eigenvalue weighted by molar-refractivity contribution is -0.143. The summed E-state index contributed by atoms with van der Waals surface area (Å²) in [7, 11) is 1.51. The fourth-order valence-electron chi connectivity index (χ4n) is 1.61. The predicted molar refractivity (Wildman–Crippen MR) is 70.1 cm³/mol. The number of nitrogens with one attached hydrogen (secondary N) is 1. The molecule has 0 heterocycles. The van der Waals surface area contributed by atoms with Gasteiger partial charge < -0.3 is 20.9 Å². The minimum Gasteiger partial charge on any atom is -0.497 e. The van der Waals surface area contributed by atoms with Crippen molar-refractivity contribution in [3.8, 4) is 5.75 Å². The van der Waals surface area contributed by atoms with Crippen LogP contribution in [0.2, 0.25) is 0 Å². The van der Waals surface area contributed by atoms with Gasteiger partial charge in [-0.3, -0.25) is 9.59 Å². The standard InChI is InChI=1S/C13H16N2O5/c1-20-9-4-2-3-8(5-9)6-12(17)15-10(13(18)19)7-11(14)16/h2-5,10H,6-7H2,1H3,(H2,14,16)(H,15,17)(H,18,19). The first-order valence-corrected chi connectivity index (χ1v) is 5.85.